The third kappa shape index (κ3) is 11.3. The van der Waals surface area contributed by atoms with Crippen molar-refractivity contribution in [3.05, 3.63) is 134 Å². The number of piperazine rings is 1. The Kier molecular flexibility index (Phi) is 15.3. The molecule has 3 aromatic carbocycles. The van der Waals surface area contributed by atoms with Crippen LogP contribution in [0.25, 0.3) is 51.1 Å². The molecule has 1 saturated heterocycles. The van der Waals surface area contributed by atoms with E-state index in [0.29, 0.717) is 48.6 Å². The number of hydrogen-bond donors (Lipinski definition) is 0. The minimum absolute atomic E-state index is 0.277. The fourth-order valence-corrected chi connectivity index (χ4v) is 7.56. The first-order chi connectivity index (χ1) is 33.2. The molecule has 6 aromatic heterocycles. The normalized spacial score (nSPS) is 12.7. The molecule has 1 aliphatic rings. The SMILES string of the molecule is COc1ccc(-c2cn3ccc(N(C)CCF)nc3n2)cc1.COc1cccc(-c2cn3ccc(N(C)CCF)nc3n2)c1.FCCN1CCN(c2ccn3cc(-c4ccccc4)nc3n2)CC1. The van der Waals surface area contributed by atoms with Gasteiger partial charge in [-0.15, -0.1) is 0 Å². The molecule has 1 fully saturated rings. The molecular formula is C50H54F3N13O2. The lowest BCUT2D eigenvalue weighted by Crippen LogP contribution is -2.47. The third-order valence-corrected chi connectivity index (χ3v) is 11.5. The molecule has 0 unspecified atom stereocenters. The standard InChI is InChI=1S/C18H20FN5.2C16H17FN4O/c19-7-9-22-10-12-23(13-11-22)17-6-8-24-14-16(20-18(24)21-17)15-4-2-1-3-5-15;1-20(10-8-17)15-7-9-21-11-14(18-16(21)19-15)12-3-5-13(22-2)6-4-12;1-20(9-7-17)15-6-8-21-11-14(18-16(21)19-15)12-4-3-5-13(10-12)22-2/h1-6,8,14H,7,9-13H2;3-7,9,11H,8,10H2,1-2H3;3-6,8,10-11H,7,9H2,1-2H3. The Morgan fingerprint density at radius 1 is 0.500 bits per heavy atom. The van der Waals surface area contributed by atoms with Gasteiger partial charge in [-0.25, -0.2) is 28.1 Å². The number of benzene rings is 3. The number of methoxy groups -OCH3 is 2. The van der Waals surface area contributed by atoms with E-state index in [2.05, 4.69) is 34.7 Å². The van der Waals surface area contributed by atoms with Crippen molar-refractivity contribution in [3.8, 4) is 45.3 Å². The molecule has 10 rings (SSSR count). The zero-order valence-corrected chi connectivity index (χ0v) is 38.5. The molecule has 0 spiro atoms. The molecule has 0 saturated carbocycles. The quantitative estimate of drug-likeness (QED) is 0.105. The number of ether oxygens (including phenoxy) is 2. The van der Waals surface area contributed by atoms with E-state index in [1.54, 1.807) is 24.0 Å². The van der Waals surface area contributed by atoms with Gasteiger partial charge < -0.3 is 24.2 Å². The number of imidazole rings is 3. The van der Waals surface area contributed by atoms with E-state index in [9.17, 15) is 13.2 Å². The van der Waals surface area contributed by atoms with Gasteiger partial charge in [0.05, 0.1) is 31.3 Å². The molecule has 18 heteroatoms. The number of anilines is 3. The average Bonchev–Trinajstić information content (AvgIpc) is 4.14. The molecule has 0 aliphatic carbocycles. The van der Waals surface area contributed by atoms with Crippen molar-refractivity contribution in [2.45, 2.75) is 0 Å². The molecule has 0 bridgehead atoms. The van der Waals surface area contributed by atoms with E-state index >= 15 is 0 Å². The van der Waals surface area contributed by atoms with Crippen LogP contribution in [0.1, 0.15) is 0 Å². The zero-order valence-electron chi connectivity index (χ0n) is 38.5. The lowest BCUT2D eigenvalue weighted by atomic mass is 10.1. The predicted molar refractivity (Wildman–Crippen MR) is 261 cm³/mol. The van der Waals surface area contributed by atoms with Gasteiger partial charge in [-0.05, 0) is 54.6 Å². The van der Waals surface area contributed by atoms with Crippen LogP contribution in [0.5, 0.6) is 11.5 Å². The first-order valence-electron chi connectivity index (χ1n) is 22.2. The highest BCUT2D eigenvalue weighted by atomic mass is 19.1. The maximum absolute atomic E-state index is 12.4. The largest absolute Gasteiger partial charge is 0.497 e. The van der Waals surface area contributed by atoms with Crippen molar-refractivity contribution < 1.29 is 22.6 Å². The van der Waals surface area contributed by atoms with E-state index in [1.807, 2.05) is 162 Å². The highest BCUT2D eigenvalue weighted by molar-refractivity contribution is 5.65. The maximum atomic E-state index is 12.4. The molecule has 0 amide bonds. The summed E-state index contributed by atoms with van der Waals surface area (Å²) < 4.78 is 53.3. The van der Waals surface area contributed by atoms with E-state index in [1.165, 1.54) is 0 Å². The monoisotopic (exact) mass is 925 g/mol. The highest BCUT2D eigenvalue weighted by Gasteiger charge is 2.19. The van der Waals surface area contributed by atoms with Gasteiger partial charge in [-0.3, -0.25) is 18.1 Å². The van der Waals surface area contributed by atoms with Crippen LogP contribution in [0.3, 0.4) is 0 Å². The second-order valence-corrected chi connectivity index (χ2v) is 15.9. The summed E-state index contributed by atoms with van der Waals surface area (Å²) in [6.07, 6.45) is 11.6. The van der Waals surface area contributed by atoms with Crippen molar-refractivity contribution >= 4 is 34.8 Å². The zero-order chi connectivity index (χ0) is 47.4. The number of halogens is 3. The summed E-state index contributed by atoms with van der Waals surface area (Å²) in [6, 6.07) is 31.2. The molecule has 1 aliphatic heterocycles. The Balaban J connectivity index is 0.000000138. The van der Waals surface area contributed by atoms with Crippen LogP contribution in [-0.2, 0) is 0 Å². The number of rotatable bonds is 14. The summed E-state index contributed by atoms with van der Waals surface area (Å²) in [5.74, 6) is 5.82. The first kappa shape index (κ1) is 46.8. The molecule has 352 valence electrons. The van der Waals surface area contributed by atoms with Gasteiger partial charge in [0.25, 0.3) is 0 Å². The van der Waals surface area contributed by atoms with Gasteiger partial charge >= 0.3 is 0 Å². The second-order valence-electron chi connectivity index (χ2n) is 15.9. The van der Waals surface area contributed by atoms with Gasteiger partial charge in [-0.1, -0.05) is 42.5 Å². The molecule has 7 heterocycles. The minimum Gasteiger partial charge on any atom is -0.497 e. The lowest BCUT2D eigenvalue weighted by Gasteiger charge is -2.34. The predicted octanol–water partition coefficient (Wildman–Crippen LogP) is 8.11. The van der Waals surface area contributed by atoms with Crippen molar-refractivity contribution in [1.82, 2.24) is 48.0 Å². The van der Waals surface area contributed by atoms with Crippen molar-refractivity contribution in [1.29, 1.82) is 0 Å². The van der Waals surface area contributed by atoms with E-state index in [0.717, 1.165) is 77.3 Å². The summed E-state index contributed by atoms with van der Waals surface area (Å²) in [4.78, 5) is 35.3. The molecule has 68 heavy (non-hydrogen) atoms. The van der Waals surface area contributed by atoms with Crippen LogP contribution in [0.4, 0.5) is 30.6 Å². The van der Waals surface area contributed by atoms with Crippen molar-refractivity contribution in [2.75, 3.05) is 109 Å². The number of nitrogens with zero attached hydrogens (tertiary/aromatic N) is 13. The molecule has 15 nitrogen and oxygen atoms in total. The minimum atomic E-state index is -0.410. The number of fused-ring (bicyclic) bond motifs is 3. The lowest BCUT2D eigenvalue weighted by molar-refractivity contribution is 0.235. The Hall–Kier alpha value is -7.73. The number of alkyl halides is 3. The summed E-state index contributed by atoms with van der Waals surface area (Å²) in [5, 5.41) is 0. The Morgan fingerprint density at radius 3 is 1.53 bits per heavy atom. The van der Waals surface area contributed by atoms with E-state index in [4.69, 9.17) is 14.5 Å². The molecule has 0 atom stereocenters. The fourth-order valence-electron chi connectivity index (χ4n) is 7.56. The second kappa shape index (κ2) is 22.2. The summed E-state index contributed by atoms with van der Waals surface area (Å²) in [5.41, 5.74) is 5.61. The smallest absolute Gasteiger partial charge is 0.236 e. The van der Waals surface area contributed by atoms with Gasteiger partial charge in [0, 0.05) is 114 Å². The van der Waals surface area contributed by atoms with Gasteiger partial charge in [0.1, 0.15) is 49.0 Å². The molecular weight excluding hydrogens is 872 g/mol. The number of hydrogen-bond acceptors (Lipinski definition) is 12. The maximum Gasteiger partial charge on any atom is 0.236 e. The molecule has 0 radical (unpaired) electrons. The van der Waals surface area contributed by atoms with Crippen LogP contribution >= 0.6 is 0 Å². The average molecular weight is 926 g/mol. The highest BCUT2D eigenvalue weighted by Crippen LogP contribution is 2.26. The Labute approximate surface area is 392 Å². The summed E-state index contributed by atoms with van der Waals surface area (Å²) >= 11 is 0. The van der Waals surface area contributed by atoms with Crippen LogP contribution in [0.15, 0.2) is 134 Å². The van der Waals surface area contributed by atoms with Gasteiger partial charge in [-0.2, -0.15) is 15.0 Å². The molecule has 0 N–H and O–H groups in total. The van der Waals surface area contributed by atoms with Crippen molar-refractivity contribution in [3.63, 3.8) is 0 Å². The fraction of sp³-hybridized carbons (Fsp3) is 0.280. The summed E-state index contributed by atoms with van der Waals surface area (Å²) in [6.45, 7) is 3.55. The van der Waals surface area contributed by atoms with Crippen LogP contribution in [0, 0.1) is 0 Å². The van der Waals surface area contributed by atoms with Crippen LogP contribution in [0.2, 0.25) is 0 Å². The van der Waals surface area contributed by atoms with E-state index in [-0.39, 0.29) is 6.67 Å². The Morgan fingerprint density at radius 2 is 1.00 bits per heavy atom. The summed E-state index contributed by atoms with van der Waals surface area (Å²) in [7, 11) is 6.90. The van der Waals surface area contributed by atoms with Gasteiger partial charge in [0.15, 0.2) is 0 Å². The molecule has 9 aromatic rings. The van der Waals surface area contributed by atoms with Gasteiger partial charge in [0.2, 0.25) is 17.3 Å². The topological polar surface area (TPSA) is 122 Å². The third-order valence-electron chi connectivity index (χ3n) is 11.5. The van der Waals surface area contributed by atoms with Crippen molar-refractivity contribution in [2.24, 2.45) is 0 Å². The number of aromatic nitrogens is 9. The van der Waals surface area contributed by atoms with E-state index < -0.39 is 13.3 Å². The van der Waals surface area contributed by atoms with Crippen LogP contribution in [-0.4, -0.2) is 142 Å². The first-order valence-corrected chi connectivity index (χ1v) is 22.2. The van der Waals surface area contributed by atoms with Crippen LogP contribution < -0.4 is 24.2 Å². The Bertz CT molecular complexity index is 3010.